The molecule has 1 aliphatic rings. The average molecular weight is 270 g/mol. The van der Waals surface area contributed by atoms with Gasteiger partial charge in [-0.05, 0) is 17.0 Å². The maximum atomic E-state index is 5.93. The average Bonchev–Trinajstić information content (AvgIpc) is 2.73. The van der Waals surface area contributed by atoms with E-state index in [0.29, 0.717) is 11.8 Å². The van der Waals surface area contributed by atoms with Crippen LogP contribution in [0.3, 0.4) is 0 Å². The molecule has 0 bridgehead atoms. The van der Waals surface area contributed by atoms with E-state index in [1.54, 1.807) is 0 Å². The van der Waals surface area contributed by atoms with E-state index in [4.69, 9.17) is 11.6 Å². The van der Waals surface area contributed by atoms with Gasteiger partial charge in [0.15, 0.2) is 0 Å². The first-order chi connectivity index (χ1) is 8.12. The second kappa shape index (κ2) is 5.64. The van der Waals surface area contributed by atoms with E-state index >= 15 is 0 Å². The van der Waals surface area contributed by atoms with Crippen LogP contribution in [-0.2, 0) is 0 Å². The van der Waals surface area contributed by atoms with Crippen LogP contribution in [0.25, 0.3) is 0 Å². The van der Waals surface area contributed by atoms with E-state index in [0.717, 1.165) is 13.1 Å². The Hall–Kier alpha value is -0.180. The minimum absolute atomic E-state index is 0.187. The largest absolute Gasteiger partial charge is 0.316 e. The van der Waals surface area contributed by atoms with Gasteiger partial charge in [0.05, 0.1) is 0 Å². The predicted molar refractivity (Wildman–Crippen MR) is 77.3 cm³/mol. The third-order valence-corrected chi connectivity index (χ3v) is 5.13. The highest BCUT2D eigenvalue weighted by Crippen LogP contribution is 2.38. The van der Waals surface area contributed by atoms with Crippen LogP contribution in [0.1, 0.15) is 25.3 Å². The second-order valence-corrected chi connectivity index (χ2v) is 6.80. The number of halogens is 1. The lowest BCUT2D eigenvalue weighted by atomic mass is 9.95. The number of fused-ring (bicyclic) bond motifs is 1. The summed E-state index contributed by atoms with van der Waals surface area (Å²) >= 11 is 7.90. The Kier molecular flexibility index (Phi) is 4.40. The van der Waals surface area contributed by atoms with E-state index in [9.17, 15) is 0 Å². The maximum absolute atomic E-state index is 5.93. The Bertz CT molecular complexity index is 378. The molecular weight excluding hydrogens is 250 g/mol. The fraction of sp³-hybridized carbons (Fsp3) is 0.571. The summed E-state index contributed by atoms with van der Waals surface area (Å²) in [4.78, 5) is 1.45. The van der Waals surface area contributed by atoms with Crippen molar-refractivity contribution in [3.8, 4) is 0 Å². The van der Waals surface area contributed by atoms with E-state index in [-0.39, 0.29) is 5.41 Å². The van der Waals surface area contributed by atoms with Crippen molar-refractivity contribution < 1.29 is 0 Å². The SMILES string of the molecule is CC(C)(CCl)CNCC1CSc2ccccc21. The molecule has 1 heterocycles. The first kappa shape index (κ1) is 13.3. The maximum Gasteiger partial charge on any atom is 0.0286 e. The van der Waals surface area contributed by atoms with Crippen molar-refractivity contribution in [2.75, 3.05) is 24.7 Å². The van der Waals surface area contributed by atoms with Crippen LogP contribution in [0, 0.1) is 5.41 Å². The fourth-order valence-corrected chi connectivity index (χ4v) is 3.38. The Morgan fingerprint density at radius 1 is 1.41 bits per heavy atom. The Labute approximate surface area is 113 Å². The van der Waals surface area contributed by atoms with Crippen LogP contribution in [0.15, 0.2) is 29.2 Å². The number of alkyl halides is 1. The highest BCUT2D eigenvalue weighted by atomic mass is 35.5. The van der Waals surface area contributed by atoms with E-state index in [1.807, 2.05) is 11.8 Å². The quantitative estimate of drug-likeness (QED) is 0.818. The molecule has 1 atom stereocenters. The van der Waals surface area contributed by atoms with Gasteiger partial charge in [0.2, 0.25) is 0 Å². The molecule has 1 aliphatic heterocycles. The number of nitrogens with one attached hydrogen (secondary N) is 1. The third-order valence-electron chi connectivity index (χ3n) is 3.15. The molecule has 0 saturated heterocycles. The summed E-state index contributed by atoms with van der Waals surface area (Å²) in [5.74, 6) is 2.56. The van der Waals surface area contributed by atoms with Gasteiger partial charge < -0.3 is 5.32 Å². The van der Waals surface area contributed by atoms with Crippen molar-refractivity contribution >= 4 is 23.4 Å². The van der Waals surface area contributed by atoms with Crippen LogP contribution in [0.4, 0.5) is 0 Å². The third kappa shape index (κ3) is 3.40. The summed E-state index contributed by atoms with van der Waals surface area (Å²) in [5, 5.41) is 3.56. The molecule has 1 aromatic rings. The number of hydrogen-bond acceptors (Lipinski definition) is 2. The van der Waals surface area contributed by atoms with Gasteiger partial charge >= 0.3 is 0 Å². The lowest BCUT2D eigenvalue weighted by molar-refractivity contribution is 0.382. The van der Waals surface area contributed by atoms with Crippen molar-refractivity contribution in [1.82, 2.24) is 5.32 Å². The lowest BCUT2D eigenvalue weighted by Gasteiger charge is -2.23. The highest BCUT2D eigenvalue weighted by Gasteiger charge is 2.23. The Balaban J connectivity index is 1.86. The van der Waals surface area contributed by atoms with Crippen molar-refractivity contribution in [3.63, 3.8) is 0 Å². The second-order valence-electron chi connectivity index (χ2n) is 5.47. The molecule has 1 nitrogen and oxygen atoms in total. The summed E-state index contributed by atoms with van der Waals surface area (Å²) in [7, 11) is 0. The van der Waals surface area contributed by atoms with Gasteiger partial charge in [-0.2, -0.15) is 0 Å². The molecule has 0 aliphatic carbocycles. The zero-order valence-corrected chi connectivity index (χ0v) is 12.1. The van der Waals surface area contributed by atoms with Crippen molar-refractivity contribution in [2.24, 2.45) is 5.41 Å². The van der Waals surface area contributed by atoms with E-state index in [1.165, 1.54) is 16.2 Å². The van der Waals surface area contributed by atoms with Gasteiger partial charge in [-0.25, -0.2) is 0 Å². The minimum atomic E-state index is 0.187. The van der Waals surface area contributed by atoms with Gasteiger partial charge in [0, 0.05) is 35.5 Å². The van der Waals surface area contributed by atoms with Crippen molar-refractivity contribution in [2.45, 2.75) is 24.7 Å². The molecule has 0 spiro atoms. The van der Waals surface area contributed by atoms with Crippen molar-refractivity contribution in [3.05, 3.63) is 29.8 Å². The number of rotatable bonds is 5. The summed E-state index contributed by atoms with van der Waals surface area (Å²) < 4.78 is 0. The standard InChI is InChI=1S/C14H20ClNS/c1-14(2,9-15)10-16-7-11-8-17-13-6-4-3-5-12(11)13/h3-6,11,16H,7-10H2,1-2H3. The minimum Gasteiger partial charge on any atom is -0.316 e. The molecule has 1 aromatic carbocycles. The summed E-state index contributed by atoms with van der Waals surface area (Å²) in [6, 6.07) is 8.75. The van der Waals surface area contributed by atoms with Crippen LogP contribution in [-0.4, -0.2) is 24.7 Å². The molecule has 0 aromatic heterocycles. The Morgan fingerprint density at radius 3 is 2.94 bits per heavy atom. The lowest BCUT2D eigenvalue weighted by Crippen LogP contribution is -2.33. The molecule has 0 fully saturated rings. The normalized spacial score (nSPS) is 19.4. The van der Waals surface area contributed by atoms with Crippen molar-refractivity contribution in [1.29, 1.82) is 0 Å². The molecule has 2 rings (SSSR count). The van der Waals surface area contributed by atoms with Gasteiger partial charge in [-0.1, -0.05) is 32.0 Å². The summed E-state index contributed by atoms with van der Waals surface area (Å²) in [6.45, 7) is 6.44. The first-order valence-electron chi connectivity index (χ1n) is 6.11. The molecule has 0 saturated carbocycles. The van der Waals surface area contributed by atoms with Gasteiger partial charge in [-0.15, -0.1) is 23.4 Å². The van der Waals surface area contributed by atoms with Crippen LogP contribution < -0.4 is 5.32 Å². The summed E-state index contributed by atoms with van der Waals surface area (Å²) in [5.41, 5.74) is 1.70. The molecule has 3 heteroatoms. The molecule has 17 heavy (non-hydrogen) atoms. The Morgan fingerprint density at radius 2 is 2.18 bits per heavy atom. The monoisotopic (exact) mass is 269 g/mol. The summed E-state index contributed by atoms with van der Waals surface area (Å²) in [6.07, 6.45) is 0. The van der Waals surface area contributed by atoms with Gasteiger partial charge in [0.1, 0.15) is 0 Å². The molecule has 0 radical (unpaired) electrons. The molecule has 94 valence electrons. The zero-order valence-electron chi connectivity index (χ0n) is 10.5. The van der Waals surface area contributed by atoms with Gasteiger partial charge in [0.25, 0.3) is 0 Å². The molecule has 0 amide bonds. The number of thioether (sulfide) groups is 1. The predicted octanol–water partition coefficient (Wildman–Crippen LogP) is 3.73. The topological polar surface area (TPSA) is 12.0 Å². The van der Waals surface area contributed by atoms with Crippen LogP contribution in [0.2, 0.25) is 0 Å². The van der Waals surface area contributed by atoms with Gasteiger partial charge in [-0.3, -0.25) is 0 Å². The highest BCUT2D eigenvalue weighted by molar-refractivity contribution is 7.99. The fourth-order valence-electron chi connectivity index (χ4n) is 2.03. The number of benzene rings is 1. The van der Waals surface area contributed by atoms with E-state index in [2.05, 4.69) is 43.4 Å². The smallest absolute Gasteiger partial charge is 0.0286 e. The molecular formula is C14H20ClNS. The molecule has 1 unspecified atom stereocenters. The van der Waals surface area contributed by atoms with Crippen LogP contribution in [0.5, 0.6) is 0 Å². The van der Waals surface area contributed by atoms with Crippen LogP contribution >= 0.6 is 23.4 Å². The van der Waals surface area contributed by atoms with E-state index < -0.39 is 0 Å². The number of hydrogen-bond donors (Lipinski definition) is 1. The zero-order chi connectivity index (χ0) is 12.3. The first-order valence-corrected chi connectivity index (χ1v) is 7.63. The molecule has 1 N–H and O–H groups in total.